The summed E-state index contributed by atoms with van der Waals surface area (Å²) in [6.45, 7) is 7.24. The van der Waals surface area contributed by atoms with Crippen LogP contribution in [-0.4, -0.2) is 28.9 Å². The molecule has 0 saturated heterocycles. The molecule has 2 unspecified atom stereocenters. The van der Waals surface area contributed by atoms with Crippen LogP contribution in [0.25, 0.3) is 0 Å². The van der Waals surface area contributed by atoms with Gasteiger partial charge in [0, 0.05) is 6.54 Å². The summed E-state index contributed by atoms with van der Waals surface area (Å²) >= 11 is 0. The molecule has 2 amide bonds. The smallest absolute Gasteiger partial charge is 0.346 e. The number of amidine groups is 1. The van der Waals surface area contributed by atoms with E-state index in [0.29, 0.717) is 17.7 Å². The van der Waals surface area contributed by atoms with Crippen molar-refractivity contribution in [3.8, 4) is 0 Å². The average Bonchev–Trinajstić information content (AvgIpc) is 2.55. The van der Waals surface area contributed by atoms with Gasteiger partial charge in [-0.05, 0) is 24.7 Å². The van der Waals surface area contributed by atoms with E-state index in [-0.39, 0.29) is 11.6 Å². The third kappa shape index (κ3) is 1.91. The van der Waals surface area contributed by atoms with Crippen molar-refractivity contribution in [1.29, 1.82) is 0 Å². The fourth-order valence-electron chi connectivity index (χ4n) is 3.64. The van der Waals surface area contributed by atoms with Gasteiger partial charge in [0.1, 0.15) is 11.4 Å². The highest BCUT2D eigenvalue weighted by molar-refractivity contribution is 6.06. The Hall–Kier alpha value is -1.06. The molecule has 102 valence electrons. The maximum atomic E-state index is 12.1. The van der Waals surface area contributed by atoms with Crippen molar-refractivity contribution in [3.63, 3.8) is 0 Å². The van der Waals surface area contributed by atoms with Crippen LogP contribution in [0.4, 0.5) is 4.79 Å². The van der Waals surface area contributed by atoms with Crippen LogP contribution in [0, 0.1) is 11.8 Å². The molecule has 0 radical (unpaired) electrons. The van der Waals surface area contributed by atoms with E-state index in [1.54, 1.807) is 0 Å². The molecule has 2 atom stereocenters. The Morgan fingerprint density at radius 1 is 1.50 bits per heavy atom. The minimum Gasteiger partial charge on any atom is -0.385 e. The van der Waals surface area contributed by atoms with Gasteiger partial charge in [-0.15, -0.1) is 0 Å². The van der Waals surface area contributed by atoms with Crippen LogP contribution >= 0.6 is 0 Å². The predicted molar refractivity (Wildman–Crippen MR) is 73.5 cm³/mol. The molecule has 1 heterocycles. The minimum atomic E-state index is -0.269. The van der Waals surface area contributed by atoms with Gasteiger partial charge in [0.15, 0.2) is 0 Å². The molecular formula is C14H25N3O. The zero-order valence-electron chi connectivity index (χ0n) is 11.8. The van der Waals surface area contributed by atoms with Gasteiger partial charge in [0.05, 0.1) is 0 Å². The lowest BCUT2D eigenvalue weighted by Crippen LogP contribution is -2.60. The van der Waals surface area contributed by atoms with Crippen LogP contribution in [0.5, 0.6) is 0 Å². The molecule has 1 aliphatic carbocycles. The largest absolute Gasteiger partial charge is 0.385 e. The number of hydrogen-bond acceptors (Lipinski definition) is 2. The summed E-state index contributed by atoms with van der Waals surface area (Å²) < 4.78 is 0. The van der Waals surface area contributed by atoms with E-state index >= 15 is 0 Å². The first-order valence-corrected chi connectivity index (χ1v) is 7.18. The second kappa shape index (κ2) is 4.90. The first-order valence-electron chi connectivity index (χ1n) is 7.18. The summed E-state index contributed by atoms with van der Waals surface area (Å²) in [5, 5.41) is 0. The Bertz CT molecular complexity index is 364. The van der Waals surface area contributed by atoms with E-state index in [2.05, 4.69) is 25.8 Å². The molecule has 2 N–H and O–H groups in total. The summed E-state index contributed by atoms with van der Waals surface area (Å²) in [7, 11) is 0. The van der Waals surface area contributed by atoms with Crippen LogP contribution in [0.1, 0.15) is 52.9 Å². The molecule has 0 aromatic carbocycles. The molecule has 4 nitrogen and oxygen atoms in total. The lowest BCUT2D eigenvalue weighted by Gasteiger charge is -2.47. The molecule has 0 aromatic rings. The fraction of sp³-hybridized carbons (Fsp3) is 0.857. The molecule has 1 aliphatic heterocycles. The Labute approximate surface area is 110 Å². The lowest BCUT2D eigenvalue weighted by molar-refractivity contribution is 0.0833. The summed E-state index contributed by atoms with van der Waals surface area (Å²) in [5.74, 6) is 1.49. The molecule has 2 rings (SSSR count). The highest BCUT2D eigenvalue weighted by Crippen LogP contribution is 2.43. The maximum absolute atomic E-state index is 12.1. The van der Waals surface area contributed by atoms with Crippen LogP contribution in [0.2, 0.25) is 0 Å². The number of nitrogens with two attached hydrogens (primary N) is 1. The van der Waals surface area contributed by atoms with E-state index in [1.165, 1.54) is 6.42 Å². The Kier molecular flexibility index (Phi) is 3.64. The number of aliphatic imine (C=N–C) groups is 1. The minimum absolute atomic E-state index is 0.124. The molecule has 18 heavy (non-hydrogen) atoms. The second-order valence-corrected chi connectivity index (χ2v) is 6.06. The first-order chi connectivity index (χ1) is 8.52. The quantitative estimate of drug-likeness (QED) is 0.838. The maximum Gasteiger partial charge on any atom is 0.346 e. The number of nitrogens with zero attached hydrogens (tertiary/aromatic N) is 2. The van der Waals surface area contributed by atoms with E-state index in [9.17, 15) is 4.79 Å². The summed E-state index contributed by atoms with van der Waals surface area (Å²) in [6.07, 6.45) is 5.61. The average molecular weight is 251 g/mol. The van der Waals surface area contributed by atoms with Crippen molar-refractivity contribution in [2.24, 2.45) is 22.6 Å². The van der Waals surface area contributed by atoms with Crippen molar-refractivity contribution < 1.29 is 4.79 Å². The third-order valence-corrected chi connectivity index (χ3v) is 4.45. The molecule has 0 aromatic heterocycles. The van der Waals surface area contributed by atoms with Gasteiger partial charge in [0.2, 0.25) is 0 Å². The predicted octanol–water partition coefficient (Wildman–Crippen LogP) is 2.77. The van der Waals surface area contributed by atoms with Gasteiger partial charge in [-0.1, -0.05) is 40.0 Å². The van der Waals surface area contributed by atoms with Gasteiger partial charge >= 0.3 is 6.03 Å². The second-order valence-electron chi connectivity index (χ2n) is 6.06. The van der Waals surface area contributed by atoms with Crippen LogP contribution in [0.15, 0.2) is 4.99 Å². The van der Waals surface area contributed by atoms with E-state index in [1.807, 2.05) is 4.90 Å². The van der Waals surface area contributed by atoms with Gasteiger partial charge in [-0.3, -0.25) is 0 Å². The Balaban J connectivity index is 2.35. The number of urea groups is 1. The molecule has 0 bridgehead atoms. The van der Waals surface area contributed by atoms with Gasteiger partial charge in [-0.2, -0.15) is 4.99 Å². The number of carbonyl (C=O) groups excluding carboxylic acids is 1. The summed E-state index contributed by atoms with van der Waals surface area (Å²) in [6, 6.07) is -0.124. The van der Waals surface area contributed by atoms with Crippen molar-refractivity contribution in [2.45, 2.75) is 58.4 Å². The van der Waals surface area contributed by atoms with Crippen LogP contribution < -0.4 is 5.73 Å². The van der Waals surface area contributed by atoms with Gasteiger partial charge in [-0.25, -0.2) is 4.79 Å². The standard InChI is InChI=1S/C14H25N3O/c1-4-11-7-5-6-8-14(11)12(15)16-13(18)17(14)9-10(2)3/h10-11H,4-9H2,1-3H3,(H2,15,16,18). The molecule has 1 fully saturated rings. The fourth-order valence-corrected chi connectivity index (χ4v) is 3.64. The van der Waals surface area contributed by atoms with Crippen molar-refractivity contribution >= 4 is 11.9 Å². The van der Waals surface area contributed by atoms with Crippen molar-refractivity contribution in [2.75, 3.05) is 6.54 Å². The number of hydrogen-bond donors (Lipinski definition) is 1. The highest BCUT2D eigenvalue weighted by atomic mass is 16.2. The number of amides is 2. The van der Waals surface area contributed by atoms with Crippen LogP contribution in [-0.2, 0) is 0 Å². The summed E-state index contributed by atoms with van der Waals surface area (Å²) in [4.78, 5) is 18.2. The van der Waals surface area contributed by atoms with E-state index in [0.717, 1.165) is 32.2 Å². The van der Waals surface area contributed by atoms with Crippen molar-refractivity contribution in [3.05, 3.63) is 0 Å². The Morgan fingerprint density at radius 2 is 2.22 bits per heavy atom. The zero-order chi connectivity index (χ0) is 13.3. The van der Waals surface area contributed by atoms with Gasteiger partial charge < -0.3 is 10.6 Å². The Morgan fingerprint density at radius 3 is 2.83 bits per heavy atom. The zero-order valence-corrected chi connectivity index (χ0v) is 11.8. The van der Waals surface area contributed by atoms with E-state index < -0.39 is 0 Å². The highest BCUT2D eigenvalue weighted by Gasteiger charge is 2.53. The van der Waals surface area contributed by atoms with E-state index in [4.69, 9.17) is 5.73 Å². The summed E-state index contributed by atoms with van der Waals surface area (Å²) in [5.41, 5.74) is 5.88. The number of rotatable bonds is 3. The number of carbonyl (C=O) groups is 1. The molecule has 2 aliphatic rings. The SMILES string of the molecule is CCC1CCCCC12C(N)=NC(=O)N2CC(C)C. The first kappa shape index (κ1) is 13.4. The molecular weight excluding hydrogens is 226 g/mol. The molecule has 1 spiro atoms. The third-order valence-electron chi connectivity index (χ3n) is 4.45. The monoisotopic (exact) mass is 251 g/mol. The molecule has 4 heteroatoms. The van der Waals surface area contributed by atoms with Crippen LogP contribution in [0.3, 0.4) is 0 Å². The topological polar surface area (TPSA) is 58.7 Å². The normalized spacial score (nSPS) is 32.4. The lowest BCUT2D eigenvalue weighted by atomic mass is 9.70. The van der Waals surface area contributed by atoms with Crippen molar-refractivity contribution in [1.82, 2.24) is 4.90 Å². The molecule has 1 saturated carbocycles. The van der Waals surface area contributed by atoms with Gasteiger partial charge in [0.25, 0.3) is 0 Å².